The van der Waals surface area contributed by atoms with Crippen LogP contribution in [0.3, 0.4) is 0 Å². The minimum absolute atomic E-state index is 0.138. The lowest BCUT2D eigenvalue weighted by molar-refractivity contribution is -0.122. The van der Waals surface area contributed by atoms with Gasteiger partial charge in [0.1, 0.15) is 19.9 Å². The van der Waals surface area contributed by atoms with Crippen LogP contribution in [0.5, 0.6) is 5.75 Å². The summed E-state index contributed by atoms with van der Waals surface area (Å²) >= 11 is 0. The van der Waals surface area contributed by atoms with E-state index >= 15 is 0 Å². The molecule has 1 atom stereocenters. The molecule has 7 nitrogen and oxygen atoms in total. The van der Waals surface area contributed by atoms with E-state index in [0.717, 1.165) is 11.6 Å². The molecule has 4 rings (SSSR count). The highest BCUT2D eigenvalue weighted by molar-refractivity contribution is 7.00. The number of carbonyl (C=O) groups excluding carboxylic acids is 2. The number of amides is 1. The lowest BCUT2D eigenvalue weighted by Gasteiger charge is -2.27. The van der Waals surface area contributed by atoms with Crippen molar-refractivity contribution in [3.63, 3.8) is 0 Å². The maximum atomic E-state index is 13.6. The van der Waals surface area contributed by atoms with Gasteiger partial charge in [0, 0.05) is 13.5 Å². The Balaban J connectivity index is 1.59. The minimum atomic E-state index is -1.86. The number of methoxy groups -OCH3 is 1. The number of carbonyl (C=O) groups is 2. The second-order valence-corrected chi connectivity index (χ2v) is 13.9. The molecule has 0 radical (unpaired) electrons. The molecule has 0 bridgehead atoms. The van der Waals surface area contributed by atoms with Crippen LogP contribution in [0.4, 0.5) is 0 Å². The normalized spacial score (nSPS) is 12.1. The van der Waals surface area contributed by atoms with Crippen LogP contribution in [0.25, 0.3) is 0 Å². The number of ether oxygens (including phenoxy) is 1. The molecule has 8 heteroatoms. The van der Waals surface area contributed by atoms with Crippen LogP contribution >= 0.6 is 0 Å². The number of aromatic amines is 1. The number of rotatable bonds is 9. The van der Waals surface area contributed by atoms with Crippen molar-refractivity contribution in [3.8, 4) is 5.75 Å². The van der Waals surface area contributed by atoms with Crippen molar-refractivity contribution in [1.29, 1.82) is 0 Å². The number of benzene rings is 3. The van der Waals surface area contributed by atoms with Crippen molar-refractivity contribution in [2.24, 2.45) is 0 Å². The number of ketones is 1. The molecule has 37 heavy (non-hydrogen) atoms. The number of H-pyrrole nitrogens is 1. The van der Waals surface area contributed by atoms with Gasteiger partial charge >= 0.3 is 0 Å². The molecule has 0 aliphatic rings. The van der Waals surface area contributed by atoms with Crippen molar-refractivity contribution >= 4 is 30.1 Å². The minimum Gasteiger partial charge on any atom is -0.497 e. The van der Waals surface area contributed by atoms with E-state index in [1.54, 1.807) is 31.4 Å². The molecule has 4 aromatic rings. The van der Waals surface area contributed by atoms with E-state index in [4.69, 9.17) is 9.26 Å². The molecule has 1 aromatic heterocycles. The number of hydrogen-bond acceptors (Lipinski definition) is 5. The van der Waals surface area contributed by atoms with Crippen LogP contribution in [0.2, 0.25) is 13.1 Å². The third-order valence-electron chi connectivity index (χ3n) is 6.73. The Morgan fingerprint density at radius 1 is 0.946 bits per heavy atom. The maximum absolute atomic E-state index is 13.6. The molecule has 1 N–H and O–H groups in total. The van der Waals surface area contributed by atoms with E-state index in [0.29, 0.717) is 11.3 Å². The van der Waals surface area contributed by atoms with Crippen LogP contribution in [0.15, 0.2) is 94.2 Å². The summed E-state index contributed by atoms with van der Waals surface area (Å²) in [5, 5.41) is 4.74. The van der Waals surface area contributed by atoms with E-state index < -0.39 is 25.6 Å². The molecule has 1 amide bonds. The van der Waals surface area contributed by atoms with Gasteiger partial charge in [-0.3, -0.25) is 14.4 Å². The quantitative estimate of drug-likeness (QED) is 0.346. The second-order valence-electron chi connectivity index (χ2n) is 9.50. The standard InChI is InChI=1S/C29H30N2O5Si/c1-31(29(34)26-19-27(33)30-36-26)28(21-12-14-22(35-2)15-13-21)25(32)18-20-10-16-24(17-11-20)37(3,4)23-8-6-5-7-9-23/h5-17,19,28H,18H2,1-4H3,(H,30,33). The Morgan fingerprint density at radius 3 is 2.14 bits per heavy atom. The van der Waals surface area contributed by atoms with E-state index in [1.807, 2.05) is 18.2 Å². The number of Topliss-reactive ketones (excluding diaryl/α,β-unsaturated/α-hetero) is 1. The van der Waals surface area contributed by atoms with Gasteiger partial charge in [0.15, 0.2) is 5.78 Å². The van der Waals surface area contributed by atoms with Crippen molar-refractivity contribution in [1.82, 2.24) is 10.1 Å². The smallest absolute Gasteiger partial charge is 0.293 e. The SMILES string of the molecule is COc1ccc(C(C(=O)Cc2ccc([Si](C)(C)c3ccccc3)cc2)N(C)C(=O)c2cc(=O)[nH]o2)cc1. The molecule has 190 valence electrons. The monoisotopic (exact) mass is 514 g/mol. The predicted molar refractivity (Wildman–Crippen MR) is 146 cm³/mol. The molecule has 0 aliphatic heterocycles. The first-order valence-electron chi connectivity index (χ1n) is 12.0. The summed E-state index contributed by atoms with van der Waals surface area (Å²) in [5.74, 6) is -0.248. The summed E-state index contributed by atoms with van der Waals surface area (Å²) in [6, 6.07) is 25.9. The first-order valence-corrected chi connectivity index (χ1v) is 15.0. The van der Waals surface area contributed by atoms with E-state index in [9.17, 15) is 14.4 Å². The zero-order chi connectivity index (χ0) is 26.6. The number of nitrogens with zero attached hydrogens (tertiary/aromatic N) is 1. The predicted octanol–water partition coefficient (Wildman–Crippen LogP) is 3.42. The molecule has 0 fully saturated rings. The first kappa shape index (κ1) is 25.9. The van der Waals surface area contributed by atoms with Gasteiger partial charge in [-0.25, -0.2) is 0 Å². The molecule has 0 spiro atoms. The van der Waals surface area contributed by atoms with Gasteiger partial charge in [-0.05, 0) is 23.3 Å². The lowest BCUT2D eigenvalue weighted by Crippen LogP contribution is -2.52. The third-order valence-corrected chi connectivity index (χ3v) is 10.3. The van der Waals surface area contributed by atoms with Gasteiger partial charge < -0.3 is 14.2 Å². The Morgan fingerprint density at radius 2 is 1.57 bits per heavy atom. The fraction of sp³-hybridized carbons (Fsp3) is 0.207. The Kier molecular flexibility index (Phi) is 7.59. The van der Waals surface area contributed by atoms with E-state index in [1.165, 1.54) is 22.3 Å². The van der Waals surface area contributed by atoms with Crippen molar-refractivity contribution in [2.75, 3.05) is 14.2 Å². The molecule has 0 saturated heterocycles. The average molecular weight is 515 g/mol. The number of likely N-dealkylation sites (N-methyl/N-ethyl adjacent to an activating group) is 1. The topological polar surface area (TPSA) is 92.6 Å². The Bertz CT molecular complexity index is 1420. The first-order chi connectivity index (χ1) is 17.7. The fourth-order valence-corrected chi connectivity index (χ4v) is 6.81. The van der Waals surface area contributed by atoms with Gasteiger partial charge in [-0.1, -0.05) is 90.2 Å². The van der Waals surface area contributed by atoms with Gasteiger partial charge in [0.05, 0.1) is 13.2 Å². The summed E-state index contributed by atoms with van der Waals surface area (Å²) in [6.45, 7) is 4.62. The van der Waals surface area contributed by atoms with Crippen molar-refractivity contribution in [2.45, 2.75) is 25.6 Å². The highest BCUT2D eigenvalue weighted by Crippen LogP contribution is 2.26. The van der Waals surface area contributed by atoms with Crippen molar-refractivity contribution in [3.05, 3.63) is 112 Å². The van der Waals surface area contributed by atoms with Crippen LogP contribution < -0.4 is 20.7 Å². The highest BCUT2D eigenvalue weighted by atomic mass is 28.3. The number of hydrogen-bond donors (Lipinski definition) is 1. The van der Waals surface area contributed by atoms with Crippen LogP contribution in [-0.4, -0.2) is 44.0 Å². The zero-order valence-corrected chi connectivity index (χ0v) is 22.4. The summed E-state index contributed by atoms with van der Waals surface area (Å²) < 4.78 is 10.2. The summed E-state index contributed by atoms with van der Waals surface area (Å²) in [5.41, 5.74) is 0.971. The summed E-state index contributed by atoms with van der Waals surface area (Å²) in [6.07, 6.45) is 0.138. The second kappa shape index (κ2) is 10.8. The molecule has 0 aliphatic carbocycles. The Hall–Kier alpha value is -4.17. The van der Waals surface area contributed by atoms with Crippen LogP contribution in [0.1, 0.15) is 27.7 Å². The average Bonchev–Trinajstić information content (AvgIpc) is 3.35. The summed E-state index contributed by atoms with van der Waals surface area (Å²) in [7, 11) is 1.23. The van der Waals surface area contributed by atoms with Crippen LogP contribution in [0, 0.1) is 0 Å². The van der Waals surface area contributed by atoms with Gasteiger partial charge in [-0.2, -0.15) is 5.16 Å². The molecule has 1 unspecified atom stereocenters. The number of aromatic nitrogens is 1. The van der Waals surface area contributed by atoms with Crippen molar-refractivity contribution < 1.29 is 18.8 Å². The molecular weight excluding hydrogens is 484 g/mol. The van der Waals surface area contributed by atoms with Gasteiger partial charge in [0.25, 0.3) is 11.5 Å². The molecular formula is C29H30N2O5Si. The zero-order valence-electron chi connectivity index (χ0n) is 21.4. The molecule has 0 saturated carbocycles. The fourth-order valence-electron chi connectivity index (χ4n) is 4.45. The molecule has 3 aromatic carbocycles. The van der Waals surface area contributed by atoms with Gasteiger partial charge in [-0.15, -0.1) is 0 Å². The third kappa shape index (κ3) is 5.64. The Labute approximate surface area is 216 Å². The molecule has 1 heterocycles. The highest BCUT2D eigenvalue weighted by Gasteiger charge is 2.31. The lowest BCUT2D eigenvalue weighted by atomic mass is 9.96. The summed E-state index contributed by atoms with van der Waals surface area (Å²) in [4.78, 5) is 39.5. The van der Waals surface area contributed by atoms with E-state index in [2.05, 4.69) is 54.6 Å². The largest absolute Gasteiger partial charge is 0.497 e. The van der Waals surface area contributed by atoms with Crippen LogP contribution in [-0.2, 0) is 11.2 Å². The van der Waals surface area contributed by atoms with Gasteiger partial charge in [0.2, 0.25) is 5.76 Å². The van der Waals surface area contributed by atoms with E-state index in [-0.39, 0.29) is 18.0 Å². The number of nitrogens with one attached hydrogen (secondary N) is 1. The maximum Gasteiger partial charge on any atom is 0.293 e.